The lowest BCUT2D eigenvalue weighted by Crippen LogP contribution is -2.05. The molecule has 0 radical (unpaired) electrons. The van der Waals surface area contributed by atoms with E-state index in [4.69, 9.17) is 5.73 Å². The van der Waals surface area contributed by atoms with Gasteiger partial charge in [0.05, 0.1) is 0 Å². The molecule has 0 fully saturated rings. The summed E-state index contributed by atoms with van der Waals surface area (Å²) in [5.41, 5.74) is 6.80. The molecule has 0 heterocycles. The Bertz CT molecular complexity index is 262. The number of nitrogens with two attached hydrogens (primary N) is 1. The standard InChI is InChI=1S/C9H10BrN.ClH/c1-2-9(11)7-4-3-5-8(10)6-7;/h2-6,9H,1,11H2;1H/t9-;/m0./s1. The van der Waals surface area contributed by atoms with E-state index in [0.29, 0.717) is 0 Å². The van der Waals surface area contributed by atoms with Crippen LogP contribution in [0.2, 0.25) is 0 Å². The van der Waals surface area contributed by atoms with E-state index in [1.807, 2.05) is 24.3 Å². The Morgan fingerprint density at radius 2 is 2.17 bits per heavy atom. The fourth-order valence-electron chi connectivity index (χ4n) is 0.850. The Kier molecular flexibility index (Phi) is 5.22. The molecular formula is C9H11BrClN. The van der Waals surface area contributed by atoms with Gasteiger partial charge in [-0.3, -0.25) is 0 Å². The van der Waals surface area contributed by atoms with Gasteiger partial charge in [-0.05, 0) is 17.7 Å². The van der Waals surface area contributed by atoms with Crippen LogP contribution < -0.4 is 5.73 Å². The molecule has 1 nitrogen and oxygen atoms in total. The number of rotatable bonds is 2. The van der Waals surface area contributed by atoms with Crippen molar-refractivity contribution in [3.63, 3.8) is 0 Å². The van der Waals surface area contributed by atoms with Crippen molar-refractivity contribution >= 4 is 28.3 Å². The van der Waals surface area contributed by atoms with Crippen LogP contribution in [0.25, 0.3) is 0 Å². The summed E-state index contributed by atoms with van der Waals surface area (Å²) in [7, 11) is 0. The minimum Gasteiger partial charge on any atom is -0.321 e. The highest BCUT2D eigenvalue weighted by Crippen LogP contribution is 2.16. The smallest absolute Gasteiger partial charge is 0.0478 e. The van der Waals surface area contributed by atoms with Gasteiger partial charge in [0, 0.05) is 10.5 Å². The van der Waals surface area contributed by atoms with E-state index < -0.39 is 0 Å². The van der Waals surface area contributed by atoms with Crippen LogP contribution in [0.15, 0.2) is 41.4 Å². The molecule has 0 aliphatic rings. The Labute approximate surface area is 87.2 Å². The zero-order valence-corrected chi connectivity index (χ0v) is 8.94. The topological polar surface area (TPSA) is 26.0 Å². The van der Waals surface area contributed by atoms with Crippen LogP contribution in [0, 0.1) is 0 Å². The average molecular weight is 249 g/mol. The molecule has 0 aliphatic heterocycles. The monoisotopic (exact) mass is 247 g/mol. The molecule has 0 bridgehead atoms. The zero-order valence-electron chi connectivity index (χ0n) is 6.53. The molecule has 1 aromatic rings. The van der Waals surface area contributed by atoms with E-state index in [0.717, 1.165) is 10.0 Å². The van der Waals surface area contributed by atoms with Crippen molar-refractivity contribution in [1.82, 2.24) is 0 Å². The van der Waals surface area contributed by atoms with Crippen molar-refractivity contribution in [3.05, 3.63) is 47.0 Å². The van der Waals surface area contributed by atoms with Gasteiger partial charge in [0.15, 0.2) is 0 Å². The predicted molar refractivity (Wildman–Crippen MR) is 58.5 cm³/mol. The van der Waals surface area contributed by atoms with Crippen molar-refractivity contribution in [1.29, 1.82) is 0 Å². The molecule has 0 unspecified atom stereocenters. The Balaban J connectivity index is 0.00000121. The van der Waals surface area contributed by atoms with E-state index in [9.17, 15) is 0 Å². The van der Waals surface area contributed by atoms with Gasteiger partial charge in [-0.15, -0.1) is 19.0 Å². The maximum Gasteiger partial charge on any atom is 0.0478 e. The first kappa shape index (κ1) is 11.7. The van der Waals surface area contributed by atoms with Gasteiger partial charge in [0.2, 0.25) is 0 Å². The van der Waals surface area contributed by atoms with E-state index in [1.54, 1.807) is 6.08 Å². The second-order valence-corrected chi connectivity index (χ2v) is 3.23. The molecule has 0 aliphatic carbocycles. The van der Waals surface area contributed by atoms with Crippen molar-refractivity contribution in [3.8, 4) is 0 Å². The normalized spacial score (nSPS) is 11.5. The molecule has 0 saturated heterocycles. The molecule has 0 aromatic heterocycles. The third-order valence-electron chi connectivity index (χ3n) is 1.49. The third kappa shape index (κ3) is 2.97. The number of benzene rings is 1. The van der Waals surface area contributed by atoms with Crippen LogP contribution >= 0.6 is 28.3 Å². The average Bonchev–Trinajstić information content (AvgIpc) is 2.03. The number of hydrogen-bond acceptors (Lipinski definition) is 1. The van der Waals surface area contributed by atoms with Crippen molar-refractivity contribution in [2.45, 2.75) is 6.04 Å². The highest BCUT2D eigenvalue weighted by Gasteiger charge is 1.99. The molecule has 66 valence electrons. The molecule has 2 N–H and O–H groups in total. The van der Waals surface area contributed by atoms with Crippen molar-refractivity contribution in [2.24, 2.45) is 5.73 Å². The van der Waals surface area contributed by atoms with Crippen LogP contribution in [-0.4, -0.2) is 0 Å². The molecule has 1 rings (SSSR count). The molecule has 1 aromatic carbocycles. The Hall–Kier alpha value is -0.310. The van der Waals surface area contributed by atoms with Gasteiger partial charge in [0.25, 0.3) is 0 Å². The highest BCUT2D eigenvalue weighted by atomic mass is 79.9. The quantitative estimate of drug-likeness (QED) is 0.800. The van der Waals surface area contributed by atoms with E-state index in [2.05, 4.69) is 22.5 Å². The van der Waals surface area contributed by atoms with Gasteiger partial charge >= 0.3 is 0 Å². The van der Waals surface area contributed by atoms with E-state index in [1.165, 1.54) is 0 Å². The molecule has 1 atom stereocenters. The van der Waals surface area contributed by atoms with Gasteiger partial charge < -0.3 is 5.73 Å². The summed E-state index contributed by atoms with van der Waals surface area (Å²) in [6, 6.07) is 7.85. The van der Waals surface area contributed by atoms with Gasteiger partial charge in [0.1, 0.15) is 0 Å². The Morgan fingerprint density at radius 1 is 1.50 bits per heavy atom. The van der Waals surface area contributed by atoms with E-state index in [-0.39, 0.29) is 18.4 Å². The fourth-order valence-corrected chi connectivity index (χ4v) is 1.27. The Morgan fingerprint density at radius 3 is 2.67 bits per heavy atom. The molecular weight excluding hydrogens is 237 g/mol. The summed E-state index contributed by atoms with van der Waals surface area (Å²) in [5, 5.41) is 0. The SMILES string of the molecule is C=C[C@H](N)c1cccc(Br)c1.Cl. The summed E-state index contributed by atoms with van der Waals surface area (Å²) in [6.07, 6.45) is 1.72. The molecule has 0 spiro atoms. The van der Waals surface area contributed by atoms with Crippen molar-refractivity contribution < 1.29 is 0 Å². The molecule has 0 saturated carbocycles. The maximum absolute atomic E-state index is 5.72. The second kappa shape index (κ2) is 5.36. The van der Waals surface area contributed by atoms with Crippen LogP contribution in [0.3, 0.4) is 0 Å². The second-order valence-electron chi connectivity index (χ2n) is 2.32. The third-order valence-corrected chi connectivity index (χ3v) is 1.98. The predicted octanol–water partition coefficient (Wildman–Crippen LogP) is 3.06. The largest absolute Gasteiger partial charge is 0.321 e. The van der Waals surface area contributed by atoms with Gasteiger partial charge in [-0.1, -0.05) is 34.1 Å². The minimum absolute atomic E-state index is 0. The fraction of sp³-hybridized carbons (Fsp3) is 0.111. The highest BCUT2D eigenvalue weighted by molar-refractivity contribution is 9.10. The first-order valence-electron chi connectivity index (χ1n) is 3.37. The van der Waals surface area contributed by atoms with Crippen LogP contribution in [0.4, 0.5) is 0 Å². The van der Waals surface area contributed by atoms with Crippen LogP contribution in [-0.2, 0) is 0 Å². The first-order chi connectivity index (χ1) is 5.24. The van der Waals surface area contributed by atoms with Crippen LogP contribution in [0.1, 0.15) is 11.6 Å². The molecule has 3 heteroatoms. The maximum atomic E-state index is 5.72. The van der Waals surface area contributed by atoms with E-state index >= 15 is 0 Å². The summed E-state index contributed by atoms with van der Waals surface area (Å²) in [4.78, 5) is 0. The summed E-state index contributed by atoms with van der Waals surface area (Å²) in [6.45, 7) is 3.63. The van der Waals surface area contributed by atoms with Crippen molar-refractivity contribution in [2.75, 3.05) is 0 Å². The van der Waals surface area contributed by atoms with Gasteiger partial charge in [-0.25, -0.2) is 0 Å². The summed E-state index contributed by atoms with van der Waals surface area (Å²) in [5.74, 6) is 0. The number of halogens is 2. The zero-order chi connectivity index (χ0) is 8.27. The number of hydrogen-bond donors (Lipinski definition) is 1. The lowest BCUT2D eigenvalue weighted by molar-refractivity contribution is 0.913. The first-order valence-corrected chi connectivity index (χ1v) is 4.17. The lowest BCUT2D eigenvalue weighted by atomic mass is 10.1. The molecule has 0 amide bonds. The lowest BCUT2D eigenvalue weighted by Gasteiger charge is -2.05. The summed E-state index contributed by atoms with van der Waals surface area (Å²) >= 11 is 3.37. The minimum atomic E-state index is -0.0625. The van der Waals surface area contributed by atoms with Crippen LogP contribution in [0.5, 0.6) is 0 Å². The van der Waals surface area contributed by atoms with Gasteiger partial charge in [-0.2, -0.15) is 0 Å². The summed E-state index contributed by atoms with van der Waals surface area (Å²) < 4.78 is 1.05. The molecule has 12 heavy (non-hydrogen) atoms.